The summed E-state index contributed by atoms with van der Waals surface area (Å²) in [6, 6.07) is 5.90. The normalized spacial score (nSPS) is 11.7. The van der Waals surface area contributed by atoms with E-state index in [0.29, 0.717) is 12.4 Å². The van der Waals surface area contributed by atoms with Crippen LogP contribution < -0.4 is 10.1 Å². The van der Waals surface area contributed by atoms with Gasteiger partial charge in [-0.2, -0.15) is 0 Å². The second kappa shape index (κ2) is 9.69. The molecule has 1 aromatic rings. The van der Waals surface area contributed by atoms with Gasteiger partial charge in [0.25, 0.3) is 0 Å². The van der Waals surface area contributed by atoms with Crippen LogP contribution in [0.15, 0.2) is 33.7 Å². The third-order valence-corrected chi connectivity index (χ3v) is 4.71. The maximum atomic E-state index is 11.3. The first-order chi connectivity index (χ1) is 10.5. The molecular weight excluding hydrogens is 318 g/mol. The predicted molar refractivity (Wildman–Crippen MR) is 94.8 cm³/mol. The van der Waals surface area contributed by atoms with Gasteiger partial charge < -0.3 is 14.8 Å². The van der Waals surface area contributed by atoms with Gasteiger partial charge in [-0.15, -0.1) is 24.4 Å². The Hall–Kier alpha value is -1.27. The van der Waals surface area contributed by atoms with Gasteiger partial charge in [-0.05, 0) is 44.5 Å². The van der Waals surface area contributed by atoms with E-state index < -0.39 is 0 Å². The van der Waals surface area contributed by atoms with Crippen LogP contribution >= 0.6 is 24.4 Å². The summed E-state index contributed by atoms with van der Waals surface area (Å²) < 4.78 is 10.3. The molecule has 0 heterocycles. The van der Waals surface area contributed by atoms with E-state index in [1.54, 1.807) is 18.7 Å². The van der Waals surface area contributed by atoms with Gasteiger partial charge in [-0.1, -0.05) is 0 Å². The molecule has 0 fully saturated rings. The number of rotatable bonds is 8. The van der Waals surface area contributed by atoms with Crippen molar-refractivity contribution in [2.75, 3.05) is 26.0 Å². The number of hydrogen-bond acceptors (Lipinski definition) is 6. The van der Waals surface area contributed by atoms with E-state index in [9.17, 15) is 4.79 Å². The topological polar surface area (TPSA) is 47.6 Å². The van der Waals surface area contributed by atoms with Gasteiger partial charge in [0.1, 0.15) is 5.75 Å². The van der Waals surface area contributed by atoms with E-state index in [0.717, 1.165) is 26.8 Å². The SMILES string of the molecule is CCOC(=O)COc1ccc(SC/C(S)=C(\C)NC)cc1C. The zero-order valence-corrected chi connectivity index (χ0v) is 15.1. The first kappa shape index (κ1) is 18.8. The van der Waals surface area contributed by atoms with Gasteiger partial charge >= 0.3 is 5.97 Å². The molecule has 0 aliphatic carbocycles. The summed E-state index contributed by atoms with van der Waals surface area (Å²) in [6.45, 7) is 6.03. The summed E-state index contributed by atoms with van der Waals surface area (Å²) in [5, 5.41) is 3.09. The molecule has 1 aromatic carbocycles. The number of thiol groups is 1. The number of benzene rings is 1. The van der Waals surface area contributed by atoms with Crippen LogP contribution in [0, 0.1) is 6.92 Å². The highest BCUT2D eigenvalue weighted by molar-refractivity contribution is 8.00. The number of hydrogen-bond donors (Lipinski definition) is 2. The third-order valence-electron chi connectivity index (χ3n) is 2.98. The first-order valence-electron chi connectivity index (χ1n) is 7.06. The number of aryl methyl sites for hydroxylation is 1. The summed E-state index contributed by atoms with van der Waals surface area (Å²) in [5.74, 6) is 1.15. The zero-order chi connectivity index (χ0) is 16.5. The standard InChI is InChI=1S/C16H23NO3S2/c1-5-19-16(18)9-20-14-7-6-13(8-11(14)2)22-10-15(21)12(3)17-4/h6-8,17,21H,5,9-10H2,1-4H3/b15-12-. The van der Waals surface area contributed by atoms with E-state index in [-0.39, 0.29) is 12.6 Å². The van der Waals surface area contributed by atoms with Crippen molar-refractivity contribution in [1.29, 1.82) is 0 Å². The Kier molecular flexibility index (Phi) is 8.27. The molecule has 0 saturated heterocycles. The van der Waals surface area contributed by atoms with Gasteiger partial charge in [-0.25, -0.2) is 4.79 Å². The number of nitrogens with one attached hydrogen (secondary N) is 1. The average Bonchev–Trinajstić information content (AvgIpc) is 2.51. The van der Waals surface area contributed by atoms with Crippen LogP contribution in [-0.4, -0.2) is 32.0 Å². The molecule has 1 N–H and O–H groups in total. The fourth-order valence-electron chi connectivity index (χ4n) is 1.62. The Balaban J connectivity index is 2.60. The van der Waals surface area contributed by atoms with Crippen molar-refractivity contribution in [1.82, 2.24) is 5.32 Å². The van der Waals surface area contributed by atoms with Crippen molar-refractivity contribution in [3.63, 3.8) is 0 Å². The van der Waals surface area contributed by atoms with Crippen LogP contribution in [0.3, 0.4) is 0 Å². The molecule has 0 aliphatic rings. The van der Waals surface area contributed by atoms with E-state index in [1.807, 2.05) is 39.1 Å². The molecule has 0 radical (unpaired) electrons. The molecule has 6 heteroatoms. The van der Waals surface area contributed by atoms with Gasteiger partial charge in [0.2, 0.25) is 0 Å². The summed E-state index contributed by atoms with van der Waals surface area (Å²) in [7, 11) is 1.88. The lowest BCUT2D eigenvalue weighted by atomic mass is 10.2. The van der Waals surface area contributed by atoms with E-state index in [1.165, 1.54) is 0 Å². The minimum Gasteiger partial charge on any atom is -0.482 e. The highest BCUT2D eigenvalue weighted by atomic mass is 32.2. The predicted octanol–water partition coefficient (Wildman–Crippen LogP) is 3.41. The molecule has 0 aromatic heterocycles. The number of thioether (sulfide) groups is 1. The molecule has 122 valence electrons. The molecule has 4 nitrogen and oxygen atoms in total. The summed E-state index contributed by atoms with van der Waals surface area (Å²) in [4.78, 5) is 13.5. The minimum absolute atomic E-state index is 0.0634. The monoisotopic (exact) mass is 341 g/mol. The van der Waals surface area contributed by atoms with Crippen molar-refractivity contribution < 1.29 is 14.3 Å². The van der Waals surface area contributed by atoms with Crippen LogP contribution in [0.1, 0.15) is 19.4 Å². The Bertz CT molecular complexity index is 544. The van der Waals surface area contributed by atoms with Crippen molar-refractivity contribution in [3.8, 4) is 5.75 Å². The summed E-state index contributed by atoms with van der Waals surface area (Å²) >= 11 is 6.18. The van der Waals surface area contributed by atoms with Crippen LogP contribution in [0.4, 0.5) is 0 Å². The van der Waals surface area contributed by atoms with Crippen molar-refractivity contribution in [2.24, 2.45) is 0 Å². The van der Waals surface area contributed by atoms with Gasteiger partial charge in [0.05, 0.1) is 6.61 Å². The fraction of sp³-hybridized carbons (Fsp3) is 0.438. The van der Waals surface area contributed by atoms with Crippen LogP contribution in [0.2, 0.25) is 0 Å². The smallest absolute Gasteiger partial charge is 0.344 e. The number of carbonyl (C=O) groups excluding carboxylic acids is 1. The van der Waals surface area contributed by atoms with Crippen LogP contribution in [0.25, 0.3) is 0 Å². The Morgan fingerprint density at radius 1 is 1.41 bits per heavy atom. The molecule has 22 heavy (non-hydrogen) atoms. The second-order valence-electron chi connectivity index (χ2n) is 4.63. The van der Waals surface area contributed by atoms with Crippen molar-refractivity contribution in [2.45, 2.75) is 25.7 Å². The lowest BCUT2D eigenvalue weighted by molar-refractivity contribution is -0.145. The maximum Gasteiger partial charge on any atom is 0.344 e. The molecular formula is C16H23NO3S2. The van der Waals surface area contributed by atoms with E-state index in [2.05, 4.69) is 17.9 Å². The minimum atomic E-state index is -0.354. The number of allylic oxidation sites excluding steroid dienone is 1. The first-order valence-corrected chi connectivity index (χ1v) is 8.49. The van der Waals surface area contributed by atoms with Gasteiger partial charge in [-0.3, -0.25) is 0 Å². The van der Waals surface area contributed by atoms with Crippen molar-refractivity contribution in [3.05, 3.63) is 34.4 Å². The number of carbonyl (C=O) groups is 1. The molecule has 0 spiro atoms. The zero-order valence-electron chi connectivity index (χ0n) is 13.4. The quantitative estimate of drug-likeness (QED) is 0.431. The summed E-state index contributed by atoms with van der Waals surface area (Å²) in [6.07, 6.45) is 0. The van der Waals surface area contributed by atoms with Crippen molar-refractivity contribution >= 4 is 30.4 Å². The van der Waals surface area contributed by atoms with Gasteiger partial charge in [0, 0.05) is 28.3 Å². The molecule has 0 saturated carbocycles. The lowest BCUT2D eigenvalue weighted by Gasteiger charge is -2.11. The Morgan fingerprint density at radius 2 is 2.14 bits per heavy atom. The number of esters is 1. The second-order valence-corrected chi connectivity index (χ2v) is 6.22. The van der Waals surface area contributed by atoms with Crippen LogP contribution in [0.5, 0.6) is 5.75 Å². The average molecular weight is 341 g/mol. The Morgan fingerprint density at radius 3 is 2.73 bits per heavy atom. The third kappa shape index (κ3) is 6.23. The van der Waals surface area contributed by atoms with Gasteiger partial charge in [0.15, 0.2) is 6.61 Å². The molecule has 0 atom stereocenters. The highest BCUT2D eigenvalue weighted by Crippen LogP contribution is 2.28. The van der Waals surface area contributed by atoms with E-state index >= 15 is 0 Å². The summed E-state index contributed by atoms with van der Waals surface area (Å²) in [5.41, 5.74) is 2.06. The molecule has 1 rings (SSSR count). The molecule has 0 aliphatic heterocycles. The lowest BCUT2D eigenvalue weighted by Crippen LogP contribution is -2.14. The molecule has 0 bridgehead atoms. The largest absolute Gasteiger partial charge is 0.482 e. The molecule has 0 amide bonds. The number of ether oxygens (including phenoxy) is 2. The van der Waals surface area contributed by atoms with Crippen LogP contribution in [-0.2, 0) is 9.53 Å². The fourth-order valence-corrected chi connectivity index (χ4v) is 2.87. The maximum absolute atomic E-state index is 11.3. The molecule has 0 unspecified atom stereocenters. The highest BCUT2D eigenvalue weighted by Gasteiger charge is 2.07. The Labute approximate surface area is 142 Å². The van der Waals surface area contributed by atoms with E-state index in [4.69, 9.17) is 9.47 Å².